The molecule has 0 aliphatic carbocycles. The van der Waals surface area contributed by atoms with Gasteiger partial charge in [0.05, 0.1) is 11.3 Å². The van der Waals surface area contributed by atoms with Crippen LogP contribution in [0.5, 0.6) is 5.75 Å². The summed E-state index contributed by atoms with van der Waals surface area (Å²) in [6, 6.07) is 17.5. The van der Waals surface area contributed by atoms with Crippen LogP contribution >= 0.6 is 0 Å². The highest BCUT2D eigenvalue weighted by atomic mass is 16.5. The maximum atomic E-state index is 12.6. The van der Waals surface area contributed by atoms with Crippen LogP contribution in [0.2, 0.25) is 0 Å². The molecule has 6 heteroatoms. The van der Waals surface area contributed by atoms with E-state index in [4.69, 9.17) is 9.47 Å². The number of ether oxygens (including phenoxy) is 2. The van der Waals surface area contributed by atoms with Crippen LogP contribution in [0.3, 0.4) is 0 Å². The molecule has 1 atom stereocenters. The molecule has 6 nitrogen and oxygen atoms in total. The second-order valence-electron chi connectivity index (χ2n) is 7.46. The zero-order valence-corrected chi connectivity index (χ0v) is 16.9. The lowest BCUT2D eigenvalue weighted by atomic mass is 10.1. The summed E-state index contributed by atoms with van der Waals surface area (Å²) in [5.74, 6) is 0.774. The highest BCUT2D eigenvalue weighted by Crippen LogP contribution is 2.27. The second kappa shape index (κ2) is 8.11. The van der Waals surface area contributed by atoms with Crippen LogP contribution in [-0.4, -0.2) is 55.3 Å². The lowest BCUT2D eigenvalue weighted by Gasteiger charge is -2.20. The summed E-state index contributed by atoms with van der Waals surface area (Å²) < 4.78 is 11.4. The minimum Gasteiger partial charge on any atom is -0.491 e. The number of pyridine rings is 1. The fraction of sp³-hybridized carbons (Fsp3) is 0.261. The van der Waals surface area contributed by atoms with Gasteiger partial charge in [-0.3, -0.25) is 4.79 Å². The van der Waals surface area contributed by atoms with Crippen molar-refractivity contribution < 1.29 is 9.47 Å². The van der Waals surface area contributed by atoms with Gasteiger partial charge in [0, 0.05) is 30.1 Å². The Labute approximate surface area is 169 Å². The fourth-order valence-corrected chi connectivity index (χ4v) is 3.48. The number of aromatic nitrogens is 2. The van der Waals surface area contributed by atoms with Gasteiger partial charge in [0.25, 0.3) is 5.56 Å². The molecular formula is C23H25N3O3. The summed E-state index contributed by atoms with van der Waals surface area (Å²) in [6.45, 7) is 1.26. The third-order valence-corrected chi connectivity index (χ3v) is 4.97. The van der Waals surface area contributed by atoms with Crippen molar-refractivity contribution >= 4 is 21.8 Å². The summed E-state index contributed by atoms with van der Waals surface area (Å²) in [5, 5.41) is 1.99. The molecule has 2 N–H and O–H groups in total. The van der Waals surface area contributed by atoms with E-state index in [9.17, 15) is 4.79 Å². The van der Waals surface area contributed by atoms with Gasteiger partial charge in [-0.1, -0.05) is 18.2 Å². The molecule has 1 unspecified atom stereocenters. The molecule has 0 saturated heterocycles. The molecule has 4 rings (SSSR count). The Hall–Kier alpha value is -3.09. The number of benzene rings is 2. The van der Waals surface area contributed by atoms with Crippen molar-refractivity contribution in [2.75, 3.05) is 34.4 Å². The monoisotopic (exact) mass is 391 g/mol. The van der Waals surface area contributed by atoms with Gasteiger partial charge in [0.1, 0.15) is 18.5 Å². The number of H-pyrrole nitrogens is 2. The Morgan fingerprint density at radius 1 is 0.966 bits per heavy atom. The molecule has 29 heavy (non-hydrogen) atoms. The molecule has 2 aromatic carbocycles. The minimum atomic E-state index is -0.113. The van der Waals surface area contributed by atoms with Crippen LogP contribution in [0.1, 0.15) is 0 Å². The van der Waals surface area contributed by atoms with E-state index in [1.54, 1.807) is 7.11 Å². The number of para-hydroxylation sites is 1. The zero-order valence-electron chi connectivity index (χ0n) is 16.9. The largest absolute Gasteiger partial charge is 0.491 e. The first-order valence-corrected chi connectivity index (χ1v) is 9.59. The van der Waals surface area contributed by atoms with E-state index in [1.165, 1.54) is 0 Å². The first kappa shape index (κ1) is 19.2. The van der Waals surface area contributed by atoms with Crippen LogP contribution in [0.15, 0.2) is 59.4 Å². The number of rotatable bonds is 7. The predicted octanol–water partition coefficient (Wildman–Crippen LogP) is 3.63. The average molecular weight is 391 g/mol. The molecule has 0 spiro atoms. The van der Waals surface area contributed by atoms with E-state index >= 15 is 0 Å². The van der Waals surface area contributed by atoms with E-state index in [0.29, 0.717) is 12.2 Å². The molecule has 150 valence electrons. The van der Waals surface area contributed by atoms with Gasteiger partial charge in [-0.25, -0.2) is 0 Å². The minimum absolute atomic E-state index is 0.00126. The van der Waals surface area contributed by atoms with E-state index in [2.05, 4.69) is 14.9 Å². The van der Waals surface area contributed by atoms with Gasteiger partial charge >= 0.3 is 0 Å². The standard InChI is InChI=1S/C23H25N3O3/c1-26(2)13-18(28-3)14-29-17-8-9-21-16(10-17)12-22(24-21)19-11-15-6-4-5-7-20(15)25-23(19)27/h4-12,18,24H,13-14H2,1-3H3,(H,25,27). The van der Waals surface area contributed by atoms with Gasteiger partial charge in [0.15, 0.2) is 0 Å². The van der Waals surface area contributed by atoms with Crippen LogP contribution < -0.4 is 10.3 Å². The number of methoxy groups -OCH3 is 1. The number of likely N-dealkylation sites (N-methyl/N-ethyl adjacent to an activating group) is 1. The van der Waals surface area contributed by atoms with Crippen LogP contribution in [0, 0.1) is 0 Å². The molecule has 4 aromatic rings. The Bertz CT molecular complexity index is 1190. The second-order valence-corrected chi connectivity index (χ2v) is 7.46. The van der Waals surface area contributed by atoms with Crippen molar-refractivity contribution in [1.82, 2.24) is 14.9 Å². The van der Waals surface area contributed by atoms with Gasteiger partial charge in [-0.2, -0.15) is 0 Å². The number of hydrogen-bond donors (Lipinski definition) is 2. The average Bonchev–Trinajstić information content (AvgIpc) is 3.13. The van der Waals surface area contributed by atoms with E-state index in [1.807, 2.05) is 68.7 Å². The summed E-state index contributed by atoms with van der Waals surface area (Å²) in [6.07, 6.45) is -0.00126. The Morgan fingerprint density at radius 2 is 1.76 bits per heavy atom. The predicted molar refractivity (Wildman–Crippen MR) is 117 cm³/mol. The summed E-state index contributed by atoms with van der Waals surface area (Å²) in [7, 11) is 5.71. The summed E-state index contributed by atoms with van der Waals surface area (Å²) in [5.41, 5.74) is 3.08. The SMILES string of the molecule is COC(COc1ccc2[nH]c(-c3cc4ccccc4[nH]c3=O)cc2c1)CN(C)C. The molecule has 0 radical (unpaired) electrons. The number of hydrogen-bond acceptors (Lipinski definition) is 4. The maximum absolute atomic E-state index is 12.6. The maximum Gasteiger partial charge on any atom is 0.257 e. The van der Waals surface area contributed by atoms with Crippen LogP contribution in [0.25, 0.3) is 33.1 Å². The molecule has 2 aromatic heterocycles. The lowest BCUT2D eigenvalue weighted by molar-refractivity contribution is 0.0399. The van der Waals surface area contributed by atoms with Crippen molar-refractivity contribution in [3.8, 4) is 17.0 Å². The highest BCUT2D eigenvalue weighted by molar-refractivity contribution is 5.89. The van der Waals surface area contributed by atoms with Gasteiger partial charge in [-0.05, 0) is 55.9 Å². The number of nitrogens with zero attached hydrogens (tertiary/aromatic N) is 1. The quantitative estimate of drug-likeness (QED) is 0.505. The van der Waals surface area contributed by atoms with Gasteiger partial charge in [0.2, 0.25) is 0 Å². The van der Waals surface area contributed by atoms with E-state index in [-0.39, 0.29) is 11.7 Å². The molecule has 0 saturated carbocycles. The normalized spacial score (nSPS) is 12.7. The van der Waals surface area contributed by atoms with Gasteiger partial charge in [-0.15, -0.1) is 0 Å². The Kier molecular flexibility index (Phi) is 5.38. The molecule has 2 heterocycles. The van der Waals surface area contributed by atoms with Crippen molar-refractivity contribution in [1.29, 1.82) is 0 Å². The topological polar surface area (TPSA) is 70.3 Å². The van der Waals surface area contributed by atoms with Crippen molar-refractivity contribution in [3.05, 3.63) is 65.0 Å². The van der Waals surface area contributed by atoms with Crippen molar-refractivity contribution in [3.63, 3.8) is 0 Å². The van der Waals surface area contributed by atoms with Crippen molar-refractivity contribution in [2.24, 2.45) is 0 Å². The molecule has 0 bridgehead atoms. The lowest BCUT2D eigenvalue weighted by Crippen LogP contribution is -2.32. The number of fused-ring (bicyclic) bond motifs is 2. The third kappa shape index (κ3) is 4.18. The van der Waals surface area contributed by atoms with Crippen LogP contribution in [0.4, 0.5) is 0 Å². The summed E-state index contributed by atoms with van der Waals surface area (Å²) >= 11 is 0. The number of nitrogens with one attached hydrogen (secondary N) is 2. The van der Waals surface area contributed by atoms with Gasteiger partial charge < -0.3 is 24.3 Å². The molecule has 0 fully saturated rings. The Balaban J connectivity index is 1.60. The van der Waals surface area contributed by atoms with E-state index in [0.717, 1.165) is 39.8 Å². The Morgan fingerprint density at radius 3 is 2.55 bits per heavy atom. The molecule has 0 amide bonds. The first-order valence-electron chi connectivity index (χ1n) is 9.59. The van der Waals surface area contributed by atoms with E-state index < -0.39 is 0 Å². The first-order chi connectivity index (χ1) is 14.0. The molecular weight excluding hydrogens is 366 g/mol. The third-order valence-electron chi connectivity index (χ3n) is 4.97. The number of aromatic amines is 2. The highest BCUT2D eigenvalue weighted by Gasteiger charge is 2.12. The van der Waals surface area contributed by atoms with Crippen molar-refractivity contribution in [2.45, 2.75) is 6.10 Å². The molecule has 0 aliphatic rings. The smallest absolute Gasteiger partial charge is 0.257 e. The fourth-order valence-electron chi connectivity index (χ4n) is 3.48. The van der Waals surface area contributed by atoms with Crippen LogP contribution in [-0.2, 0) is 4.74 Å². The molecule has 0 aliphatic heterocycles. The zero-order chi connectivity index (χ0) is 20.4. The summed E-state index contributed by atoms with van der Waals surface area (Å²) in [4.78, 5) is 20.9.